The first-order valence-electron chi connectivity index (χ1n) is 3.46. The second-order valence-electron chi connectivity index (χ2n) is 2.23. The molecule has 0 bridgehead atoms. The third-order valence-corrected chi connectivity index (χ3v) is 1.67. The van der Waals surface area contributed by atoms with Gasteiger partial charge in [0, 0.05) is 11.8 Å². The fraction of sp³-hybridized carbons (Fsp3) is 0.556. The third-order valence-electron chi connectivity index (χ3n) is 1.27. The first-order valence-corrected chi connectivity index (χ1v) is 4.58. The van der Waals surface area contributed by atoms with Crippen molar-refractivity contribution in [2.24, 2.45) is 0 Å². The predicted octanol–water partition coefficient (Wildman–Crippen LogP) is 3.13. The summed E-state index contributed by atoms with van der Waals surface area (Å²) in [5.74, 6) is 2.61. The van der Waals surface area contributed by atoms with E-state index in [-0.39, 0.29) is 0 Å². The summed E-state index contributed by atoms with van der Waals surface area (Å²) in [6, 6.07) is 0. The van der Waals surface area contributed by atoms with Crippen molar-refractivity contribution in [3.63, 3.8) is 0 Å². The Bertz CT molecular complexity index is 139. The van der Waals surface area contributed by atoms with Gasteiger partial charge < -0.3 is 0 Å². The highest BCUT2D eigenvalue weighted by atomic mass is 79.9. The van der Waals surface area contributed by atoms with Crippen LogP contribution in [0.3, 0.4) is 0 Å². The van der Waals surface area contributed by atoms with Crippen LogP contribution in [-0.4, -0.2) is 5.33 Å². The van der Waals surface area contributed by atoms with Gasteiger partial charge in [0.2, 0.25) is 0 Å². The number of alkyl halides is 1. The number of hydrogen-bond acceptors (Lipinski definition) is 0. The van der Waals surface area contributed by atoms with E-state index >= 15 is 0 Å². The molecule has 0 saturated carbocycles. The summed E-state index contributed by atoms with van der Waals surface area (Å²) < 4.78 is 0. The van der Waals surface area contributed by atoms with Crippen LogP contribution >= 0.6 is 15.9 Å². The highest BCUT2D eigenvalue weighted by Crippen LogP contribution is 2.04. The Labute approximate surface area is 71.8 Å². The van der Waals surface area contributed by atoms with Crippen molar-refractivity contribution in [2.45, 2.75) is 26.2 Å². The zero-order valence-electron chi connectivity index (χ0n) is 6.36. The average molecular weight is 201 g/mol. The maximum atomic E-state index is 5.10. The van der Waals surface area contributed by atoms with E-state index < -0.39 is 0 Å². The summed E-state index contributed by atoms with van der Waals surface area (Å²) in [6.07, 6.45) is 10.3. The van der Waals surface area contributed by atoms with Crippen molar-refractivity contribution in [3.8, 4) is 12.3 Å². The van der Waals surface area contributed by atoms with Gasteiger partial charge in [0.1, 0.15) is 0 Å². The fourth-order valence-corrected chi connectivity index (χ4v) is 1.28. The molecular formula is C9H13Br. The minimum absolute atomic E-state index is 0.861. The van der Waals surface area contributed by atoms with Gasteiger partial charge in [-0.05, 0) is 19.8 Å². The number of unbranched alkanes of at least 4 members (excludes halogenated alkanes) is 1. The number of allylic oxidation sites excluding steroid dienone is 2. The van der Waals surface area contributed by atoms with E-state index in [9.17, 15) is 0 Å². The molecule has 0 aliphatic rings. The van der Waals surface area contributed by atoms with Gasteiger partial charge in [-0.1, -0.05) is 27.6 Å². The lowest BCUT2D eigenvalue weighted by Crippen LogP contribution is -1.77. The zero-order valence-corrected chi connectivity index (χ0v) is 7.95. The highest BCUT2D eigenvalue weighted by molar-refractivity contribution is 9.09. The molecule has 56 valence electrons. The largest absolute Gasteiger partial charge is 0.120 e. The molecule has 0 nitrogen and oxygen atoms in total. The SMILES string of the molecule is C#CCC/C=C(/C)CCBr. The highest BCUT2D eigenvalue weighted by Gasteiger charge is 1.85. The van der Waals surface area contributed by atoms with Crippen molar-refractivity contribution >= 4 is 15.9 Å². The predicted molar refractivity (Wildman–Crippen MR) is 50.2 cm³/mol. The molecule has 0 aliphatic heterocycles. The zero-order chi connectivity index (χ0) is 7.82. The van der Waals surface area contributed by atoms with Gasteiger partial charge >= 0.3 is 0 Å². The summed E-state index contributed by atoms with van der Waals surface area (Å²) in [5.41, 5.74) is 1.42. The van der Waals surface area contributed by atoms with Crippen LogP contribution < -0.4 is 0 Å². The Morgan fingerprint density at radius 3 is 2.90 bits per heavy atom. The van der Waals surface area contributed by atoms with E-state index in [0.29, 0.717) is 0 Å². The second-order valence-corrected chi connectivity index (χ2v) is 3.03. The third kappa shape index (κ3) is 5.91. The van der Waals surface area contributed by atoms with E-state index in [0.717, 1.165) is 24.6 Å². The maximum Gasteiger partial charge on any atom is 0.0121 e. The van der Waals surface area contributed by atoms with Gasteiger partial charge in [-0.3, -0.25) is 0 Å². The summed E-state index contributed by atoms with van der Waals surface area (Å²) in [4.78, 5) is 0. The van der Waals surface area contributed by atoms with Gasteiger partial charge in [-0.15, -0.1) is 12.3 Å². The second kappa shape index (κ2) is 6.89. The van der Waals surface area contributed by atoms with Crippen LogP contribution in [0.15, 0.2) is 11.6 Å². The standard InChI is InChI=1S/C9H13Br/c1-3-4-5-6-9(2)7-8-10/h1,6H,4-5,7-8H2,2H3/b9-6-. The normalized spacial score (nSPS) is 11.1. The lowest BCUT2D eigenvalue weighted by molar-refractivity contribution is 1.02. The molecule has 0 radical (unpaired) electrons. The van der Waals surface area contributed by atoms with Crippen LogP contribution in [-0.2, 0) is 0 Å². The lowest BCUT2D eigenvalue weighted by atomic mass is 10.2. The molecule has 0 atom stereocenters. The molecule has 0 unspecified atom stereocenters. The molecule has 0 rings (SSSR count). The average Bonchev–Trinajstić information content (AvgIpc) is 1.89. The van der Waals surface area contributed by atoms with E-state index in [2.05, 4.69) is 34.9 Å². The minimum Gasteiger partial charge on any atom is -0.120 e. The van der Waals surface area contributed by atoms with Crippen molar-refractivity contribution < 1.29 is 0 Å². The summed E-state index contributed by atoms with van der Waals surface area (Å²) in [7, 11) is 0. The van der Waals surface area contributed by atoms with Gasteiger partial charge in [-0.25, -0.2) is 0 Å². The van der Waals surface area contributed by atoms with Crippen molar-refractivity contribution in [3.05, 3.63) is 11.6 Å². The summed E-state index contributed by atoms with van der Waals surface area (Å²) >= 11 is 3.38. The number of halogens is 1. The van der Waals surface area contributed by atoms with E-state index in [1.165, 1.54) is 5.57 Å². The van der Waals surface area contributed by atoms with Crippen LogP contribution in [0.5, 0.6) is 0 Å². The van der Waals surface area contributed by atoms with Crippen LogP contribution in [0.1, 0.15) is 26.2 Å². The molecule has 0 aromatic carbocycles. The topological polar surface area (TPSA) is 0 Å². The smallest absolute Gasteiger partial charge is 0.0121 e. The molecule has 0 saturated heterocycles. The molecule has 10 heavy (non-hydrogen) atoms. The molecule has 1 heteroatoms. The van der Waals surface area contributed by atoms with Crippen molar-refractivity contribution in [1.82, 2.24) is 0 Å². The molecule has 0 spiro atoms. The first-order chi connectivity index (χ1) is 4.81. The van der Waals surface area contributed by atoms with Gasteiger partial charge in [-0.2, -0.15) is 0 Å². The molecule has 0 aromatic rings. The summed E-state index contributed by atoms with van der Waals surface area (Å²) in [5, 5.41) is 1.05. The van der Waals surface area contributed by atoms with E-state index in [4.69, 9.17) is 6.42 Å². The maximum absolute atomic E-state index is 5.10. The molecule has 0 aliphatic carbocycles. The molecule has 0 aromatic heterocycles. The number of rotatable bonds is 4. The van der Waals surface area contributed by atoms with Crippen LogP contribution in [0, 0.1) is 12.3 Å². The van der Waals surface area contributed by atoms with E-state index in [1.54, 1.807) is 0 Å². The molecule has 0 fully saturated rings. The van der Waals surface area contributed by atoms with Gasteiger partial charge in [0.25, 0.3) is 0 Å². The van der Waals surface area contributed by atoms with Crippen LogP contribution in [0.25, 0.3) is 0 Å². The molecular weight excluding hydrogens is 188 g/mol. The van der Waals surface area contributed by atoms with Crippen molar-refractivity contribution in [1.29, 1.82) is 0 Å². The quantitative estimate of drug-likeness (QED) is 0.283. The lowest BCUT2D eigenvalue weighted by Gasteiger charge is -1.94. The fourth-order valence-electron chi connectivity index (χ4n) is 0.653. The number of terminal acetylenes is 1. The Morgan fingerprint density at radius 1 is 1.70 bits per heavy atom. The molecule has 0 heterocycles. The Morgan fingerprint density at radius 2 is 2.40 bits per heavy atom. The van der Waals surface area contributed by atoms with Crippen molar-refractivity contribution in [2.75, 3.05) is 5.33 Å². The molecule has 0 N–H and O–H groups in total. The minimum atomic E-state index is 0.861. The Hall–Kier alpha value is -0.220. The first kappa shape index (κ1) is 9.78. The van der Waals surface area contributed by atoms with Crippen LogP contribution in [0.2, 0.25) is 0 Å². The van der Waals surface area contributed by atoms with Gasteiger partial charge in [0.05, 0.1) is 0 Å². The number of hydrogen-bond donors (Lipinski definition) is 0. The monoisotopic (exact) mass is 200 g/mol. The van der Waals surface area contributed by atoms with Crippen LogP contribution in [0.4, 0.5) is 0 Å². The Balaban J connectivity index is 3.39. The van der Waals surface area contributed by atoms with E-state index in [1.807, 2.05) is 0 Å². The van der Waals surface area contributed by atoms with Gasteiger partial charge in [0.15, 0.2) is 0 Å². The molecule has 0 amide bonds. The summed E-state index contributed by atoms with van der Waals surface area (Å²) in [6.45, 7) is 2.14. The Kier molecular flexibility index (Phi) is 6.74.